The quantitative estimate of drug-likeness (QED) is 0.630. The van der Waals surface area contributed by atoms with E-state index in [1.807, 2.05) is 0 Å². The third kappa shape index (κ3) is 4.45. The van der Waals surface area contributed by atoms with Crippen LogP contribution >= 0.6 is 0 Å². The molecule has 1 aliphatic rings. The highest BCUT2D eigenvalue weighted by Gasteiger charge is 2.19. The molecule has 3 rings (SSSR count). The van der Waals surface area contributed by atoms with Crippen molar-refractivity contribution in [3.63, 3.8) is 0 Å². The van der Waals surface area contributed by atoms with Gasteiger partial charge >= 0.3 is 5.63 Å². The molecule has 1 aliphatic heterocycles. The fourth-order valence-electron chi connectivity index (χ4n) is 3.48. The molecule has 28 heavy (non-hydrogen) atoms. The number of rotatable bonds is 7. The number of aryl methyl sites for hydroxylation is 1. The van der Waals surface area contributed by atoms with Gasteiger partial charge in [0, 0.05) is 12.1 Å². The molecule has 8 heteroatoms. The number of carbonyl (C=O) groups is 1. The Hall–Kier alpha value is -2.58. The number of carbonyl (C=O) groups excluding carboxylic acids is 1. The van der Waals surface area contributed by atoms with Crippen LogP contribution < -0.4 is 25.3 Å². The monoisotopic (exact) mass is 391 g/mol. The Bertz CT molecular complexity index is 902. The Morgan fingerprint density at radius 3 is 2.64 bits per heavy atom. The van der Waals surface area contributed by atoms with Crippen molar-refractivity contribution in [3.8, 4) is 11.5 Å². The van der Waals surface area contributed by atoms with E-state index in [1.165, 1.54) is 12.0 Å². The predicted octanol–water partition coefficient (Wildman–Crippen LogP) is -0.308. The van der Waals surface area contributed by atoms with Gasteiger partial charge in [-0.3, -0.25) is 4.79 Å². The summed E-state index contributed by atoms with van der Waals surface area (Å²) in [4.78, 5) is 26.2. The van der Waals surface area contributed by atoms with E-state index in [4.69, 9.17) is 18.6 Å². The molecule has 1 amide bonds. The summed E-state index contributed by atoms with van der Waals surface area (Å²) < 4.78 is 21.4. The van der Waals surface area contributed by atoms with Gasteiger partial charge in [0.2, 0.25) is 5.91 Å². The number of benzene rings is 1. The smallest absolute Gasteiger partial charge is 0.340 e. The molecule has 0 bridgehead atoms. The molecule has 8 nitrogen and oxygen atoms in total. The zero-order valence-electron chi connectivity index (χ0n) is 16.6. The maximum absolute atomic E-state index is 12.5. The minimum absolute atomic E-state index is 0.0300. The molecule has 0 atom stereocenters. The summed E-state index contributed by atoms with van der Waals surface area (Å²) in [5.74, 6) is 0.867. The highest BCUT2D eigenvalue weighted by molar-refractivity contribution is 5.90. The van der Waals surface area contributed by atoms with Gasteiger partial charge < -0.3 is 28.8 Å². The van der Waals surface area contributed by atoms with Crippen LogP contribution in [0.15, 0.2) is 21.3 Å². The normalized spacial score (nSPS) is 14.8. The predicted molar refractivity (Wildman–Crippen MR) is 103 cm³/mol. The second kappa shape index (κ2) is 9.07. The van der Waals surface area contributed by atoms with Crippen LogP contribution in [0.3, 0.4) is 0 Å². The van der Waals surface area contributed by atoms with Crippen LogP contribution in [0.2, 0.25) is 0 Å². The van der Waals surface area contributed by atoms with Crippen molar-refractivity contribution >= 4 is 16.9 Å². The molecule has 0 saturated carbocycles. The van der Waals surface area contributed by atoms with E-state index in [9.17, 15) is 9.59 Å². The van der Waals surface area contributed by atoms with Crippen LogP contribution in [0.25, 0.3) is 11.0 Å². The summed E-state index contributed by atoms with van der Waals surface area (Å²) in [5.41, 5.74) is 0.875. The van der Waals surface area contributed by atoms with Gasteiger partial charge in [-0.1, -0.05) is 0 Å². The van der Waals surface area contributed by atoms with Crippen molar-refractivity contribution in [1.82, 2.24) is 5.32 Å². The summed E-state index contributed by atoms with van der Waals surface area (Å²) >= 11 is 0. The van der Waals surface area contributed by atoms with Crippen molar-refractivity contribution < 1.29 is 28.3 Å². The van der Waals surface area contributed by atoms with Crippen molar-refractivity contribution in [3.05, 3.63) is 33.7 Å². The molecular formula is C20H27N2O6+. The highest BCUT2D eigenvalue weighted by Crippen LogP contribution is 2.33. The molecular weight excluding hydrogens is 364 g/mol. The highest BCUT2D eigenvalue weighted by atomic mass is 16.5. The lowest BCUT2D eigenvalue weighted by molar-refractivity contribution is -0.906. The molecule has 2 heterocycles. The van der Waals surface area contributed by atoms with Crippen LogP contribution in [0.1, 0.15) is 11.1 Å². The van der Waals surface area contributed by atoms with Crippen LogP contribution in [0.4, 0.5) is 0 Å². The Morgan fingerprint density at radius 2 is 1.96 bits per heavy atom. The maximum atomic E-state index is 12.5. The maximum Gasteiger partial charge on any atom is 0.340 e. The van der Waals surface area contributed by atoms with E-state index in [-0.39, 0.29) is 12.3 Å². The lowest BCUT2D eigenvalue weighted by atomic mass is 10.0. The van der Waals surface area contributed by atoms with Crippen molar-refractivity contribution in [2.45, 2.75) is 13.3 Å². The minimum atomic E-state index is -0.519. The summed E-state index contributed by atoms with van der Waals surface area (Å²) in [7, 11) is 3.07. The van der Waals surface area contributed by atoms with Gasteiger partial charge in [0.15, 0.2) is 0 Å². The molecule has 2 aromatic rings. The van der Waals surface area contributed by atoms with E-state index < -0.39 is 5.63 Å². The SMILES string of the molecule is COc1cc(OC)c2c(C)c(CC(=O)NCC[NH+]3CCOCC3)c(=O)oc2c1. The van der Waals surface area contributed by atoms with Gasteiger partial charge in [-0.15, -0.1) is 0 Å². The summed E-state index contributed by atoms with van der Waals surface area (Å²) in [6.07, 6.45) is -0.0300. The van der Waals surface area contributed by atoms with Gasteiger partial charge in [-0.2, -0.15) is 0 Å². The Labute approximate surface area is 163 Å². The number of quaternary nitrogens is 1. The van der Waals surface area contributed by atoms with Gasteiger partial charge in [-0.05, 0) is 12.5 Å². The van der Waals surface area contributed by atoms with Crippen molar-refractivity contribution in [1.29, 1.82) is 0 Å². The third-order valence-electron chi connectivity index (χ3n) is 5.11. The van der Waals surface area contributed by atoms with Crippen molar-refractivity contribution in [2.24, 2.45) is 0 Å². The first-order valence-electron chi connectivity index (χ1n) is 9.39. The number of nitrogens with one attached hydrogen (secondary N) is 2. The molecule has 1 aromatic carbocycles. The van der Waals surface area contributed by atoms with Gasteiger partial charge in [0.1, 0.15) is 30.2 Å². The standard InChI is InChI=1S/C20H26N2O6/c1-13-15(12-18(23)21-4-5-22-6-8-27-9-7-22)20(24)28-17-11-14(25-2)10-16(26-3)19(13)17/h10-11H,4-9,12H2,1-3H3,(H,21,23)/p+1. The van der Waals surface area contributed by atoms with E-state index in [0.717, 1.165) is 32.8 Å². The lowest BCUT2D eigenvalue weighted by Gasteiger charge is -2.23. The molecule has 0 radical (unpaired) electrons. The molecule has 0 unspecified atom stereocenters. The average Bonchev–Trinajstić information content (AvgIpc) is 2.70. The molecule has 1 saturated heterocycles. The van der Waals surface area contributed by atoms with Crippen LogP contribution in [-0.2, 0) is 16.0 Å². The first-order chi connectivity index (χ1) is 13.5. The largest absolute Gasteiger partial charge is 0.496 e. The fraction of sp³-hybridized carbons (Fsp3) is 0.500. The number of morpholine rings is 1. The van der Waals surface area contributed by atoms with E-state index in [2.05, 4.69) is 5.32 Å². The van der Waals surface area contributed by atoms with E-state index >= 15 is 0 Å². The molecule has 0 aliphatic carbocycles. The second-order valence-corrected chi connectivity index (χ2v) is 6.83. The van der Waals surface area contributed by atoms with E-state index in [1.54, 1.807) is 26.2 Å². The molecule has 1 fully saturated rings. The number of ether oxygens (including phenoxy) is 3. The molecule has 152 valence electrons. The van der Waals surface area contributed by atoms with Gasteiger partial charge in [-0.25, -0.2) is 4.79 Å². The Kier molecular flexibility index (Phi) is 6.53. The summed E-state index contributed by atoms with van der Waals surface area (Å²) in [6, 6.07) is 3.37. The first-order valence-corrected chi connectivity index (χ1v) is 9.39. The Balaban J connectivity index is 1.75. The van der Waals surface area contributed by atoms with Crippen LogP contribution in [0, 0.1) is 6.92 Å². The number of methoxy groups -OCH3 is 2. The van der Waals surface area contributed by atoms with Crippen LogP contribution in [-0.4, -0.2) is 59.5 Å². The Morgan fingerprint density at radius 1 is 1.21 bits per heavy atom. The number of hydrogen-bond donors (Lipinski definition) is 2. The first kappa shape index (κ1) is 20.2. The molecule has 0 spiro atoms. The number of fused-ring (bicyclic) bond motifs is 1. The van der Waals surface area contributed by atoms with Crippen molar-refractivity contribution in [2.75, 3.05) is 53.6 Å². The number of amides is 1. The van der Waals surface area contributed by atoms with Gasteiger partial charge in [0.25, 0.3) is 0 Å². The topological polar surface area (TPSA) is 91.4 Å². The zero-order valence-corrected chi connectivity index (χ0v) is 16.6. The lowest BCUT2D eigenvalue weighted by Crippen LogP contribution is -3.14. The van der Waals surface area contributed by atoms with Gasteiger partial charge in [0.05, 0.1) is 57.9 Å². The second-order valence-electron chi connectivity index (χ2n) is 6.83. The minimum Gasteiger partial charge on any atom is -0.496 e. The summed E-state index contributed by atoms with van der Waals surface area (Å²) in [6.45, 7) is 6.62. The number of hydrogen-bond acceptors (Lipinski definition) is 6. The summed E-state index contributed by atoms with van der Waals surface area (Å²) in [5, 5.41) is 3.57. The average molecular weight is 391 g/mol. The molecule has 2 N–H and O–H groups in total. The zero-order chi connectivity index (χ0) is 20.1. The third-order valence-corrected chi connectivity index (χ3v) is 5.11. The molecule has 1 aromatic heterocycles. The van der Waals surface area contributed by atoms with Crippen LogP contribution in [0.5, 0.6) is 11.5 Å². The van der Waals surface area contributed by atoms with E-state index in [0.29, 0.717) is 40.1 Å². The fourth-order valence-corrected chi connectivity index (χ4v) is 3.48.